The number of nitrogens with zero attached hydrogens (tertiary/aromatic N) is 2. The van der Waals surface area contributed by atoms with E-state index < -0.39 is 0 Å². The number of aryl methyl sites for hydroxylation is 1. The first-order valence-electron chi connectivity index (χ1n) is 9.58. The maximum absolute atomic E-state index is 13.6. The van der Waals surface area contributed by atoms with Crippen LogP contribution in [0.3, 0.4) is 0 Å². The van der Waals surface area contributed by atoms with Crippen molar-refractivity contribution in [2.24, 2.45) is 5.41 Å². The molecule has 6 nitrogen and oxygen atoms in total. The summed E-state index contributed by atoms with van der Waals surface area (Å²) in [6, 6.07) is 4.69. The second-order valence-electron chi connectivity index (χ2n) is 7.87. The molecule has 1 spiro atoms. The molecule has 2 N–H and O–H groups in total. The van der Waals surface area contributed by atoms with Crippen LogP contribution in [0.25, 0.3) is 0 Å². The number of aliphatic hydroxyl groups excluding tert-OH is 1. The van der Waals surface area contributed by atoms with Gasteiger partial charge in [-0.15, -0.1) is 0 Å². The summed E-state index contributed by atoms with van der Waals surface area (Å²) in [6.07, 6.45) is 3.34. The van der Waals surface area contributed by atoms with Crippen LogP contribution in [0.15, 0.2) is 18.2 Å². The quantitative estimate of drug-likeness (QED) is 0.820. The largest absolute Gasteiger partial charge is 0.395 e. The third-order valence-corrected chi connectivity index (χ3v) is 5.68. The van der Waals surface area contributed by atoms with Gasteiger partial charge in [-0.2, -0.15) is 0 Å². The number of rotatable bonds is 5. The lowest BCUT2D eigenvalue weighted by Gasteiger charge is -2.48. The van der Waals surface area contributed by atoms with Gasteiger partial charge in [0.25, 0.3) is 0 Å². The summed E-state index contributed by atoms with van der Waals surface area (Å²) < 4.78 is 13.6. The molecule has 2 heterocycles. The van der Waals surface area contributed by atoms with Gasteiger partial charge in [-0.05, 0) is 50.4 Å². The highest BCUT2D eigenvalue weighted by atomic mass is 19.1. The number of carbonyl (C=O) groups excluding carboxylic acids is 2. The molecule has 2 saturated heterocycles. The van der Waals surface area contributed by atoms with E-state index in [-0.39, 0.29) is 36.2 Å². The molecule has 1 aromatic rings. The topological polar surface area (TPSA) is 72.9 Å². The number of hydrogen-bond donors (Lipinski definition) is 2. The van der Waals surface area contributed by atoms with Gasteiger partial charge in [0.15, 0.2) is 0 Å². The molecule has 27 heavy (non-hydrogen) atoms. The van der Waals surface area contributed by atoms with Crippen molar-refractivity contribution in [1.29, 1.82) is 0 Å². The molecule has 2 aliphatic heterocycles. The van der Waals surface area contributed by atoms with Gasteiger partial charge in [-0.1, -0.05) is 6.07 Å². The van der Waals surface area contributed by atoms with Crippen LogP contribution < -0.4 is 5.32 Å². The number of anilines is 1. The smallest absolute Gasteiger partial charge is 0.238 e. The fraction of sp³-hybridized carbons (Fsp3) is 0.600. The number of hydrogen-bond acceptors (Lipinski definition) is 4. The number of halogens is 1. The highest BCUT2D eigenvalue weighted by Gasteiger charge is 2.41. The Morgan fingerprint density at radius 2 is 2.15 bits per heavy atom. The van der Waals surface area contributed by atoms with Crippen LogP contribution in [0.2, 0.25) is 0 Å². The van der Waals surface area contributed by atoms with Crippen LogP contribution in [-0.4, -0.2) is 66.1 Å². The summed E-state index contributed by atoms with van der Waals surface area (Å²) >= 11 is 0. The summed E-state index contributed by atoms with van der Waals surface area (Å²) in [5.41, 5.74) is 1.01. The first kappa shape index (κ1) is 19.8. The standard InChI is InChI=1S/C20H28FN3O3/c1-15-3-4-16(11-17(15)21)22-18(26)12-23-8-2-6-20(13-23)7-5-19(27)24(14-20)9-10-25/h3-4,11,25H,2,5-10,12-14H2,1H3,(H,22,26)/t20-/m0/s1. The zero-order valence-electron chi connectivity index (χ0n) is 15.8. The van der Waals surface area contributed by atoms with E-state index in [9.17, 15) is 19.1 Å². The molecule has 0 saturated carbocycles. The Kier molecular flexibility index (Phi) is 6.11. The molecule has 2 aliphatic rings. The van der Waals surface area contributed by atoms with Gasteiger partial charge in [0.1, 0.15) is 5.82 Å². The number of likely N-dealkylation sites (tertiary alicyclic amines) is 2. The van der Waals surface area contributed by atoms with E-state index in [1.54, 1.807) is 24.0 Å². The maximum atomic E-state index is 13.6. The zero-order valence-corrected chi connectivity index (χ0v) is 15.8. The molecule has 2 amide bonds. The number of aliphatic hydroxyl groups is 1. The number of piperidine rings is 2. The molecule has 0 aromatic heterocycles. The van der Waals surface area contributed by atoms with Crippen molar-refractivity contribution in [3.8, 4) is 0 Å². The number of amides is 2. The van der Waals surface area contributed by atoms with Gasteiger partial charge in [0.05, 0.1) is 13.2 Å². The highest BCUT2D eigenvalue weighted by molar-refractivity contribution is 5.92. The van der Waals surface area contributed by atoms with Gasteiger partial charge >= 0.3 is 0 Å². The minimum absolute atomic E-state index is 0.00240. The molecule has 148 valence electrons. The van der Waals surface area contributed by atoms with Crippen molar-refractivity contribution in [3.05, 3.63) is 29.6 Å². The first-order valence-corrected chi connectivity index (χ1v) is 9.58. The Morgan fingerprint density at radius 3 is 2.89 bits per heavy atom. The molecule has 0 radical (unpaired) electrons. The number of carbonyl (C=O) groups is 2. The van der Waals surface area contributed by atoms with Gasteiger partial charge in [0, 0.05) is 37.2 Å². The molecule has 2 fully saturated rings. The summed E-state index contributed by atoms with van der Waals surface area (Å²) in [5.74, 6) is -0.388. The molecule has 0 bridgehead atoms. The van der Waals surface area contributed by atoms with E-state index in [4.69, 9.17) is 0 Å². The van der Waals surface area contributed by atoms with Crippen molar-refractivity contribution < 1.29 is 19.1 Å². The van der Waals surface area contributed by atoms with E-state index in [1.807, 2.05) is 0 Å². The molecule has 7 heteroatoms. The lowest BCUT2D eigenvalue weighted by atomic mass is 9.73. The van der Waals surface area contributed by atoms with Crippen LogP contribution in [0, 0.1) is 18.2 Å². The number of nitrogens with one attached hydrogen (secondary N) is 1. The van der Waals surface area contributed by atoms with Gasteiger partial charge < -0.3 is 15.3 Å². The third kappa shape index (κ3) is 4.84. The minimum Gasteiger partial charge on any atom is -0.395 e. The second-order valence-corrected chi connectivity index (χ2v) is 7.87. The van der Waals surface area contributed by atoms with Crippen molar-refractivity contribution in [2.75, 3.05) is 44.6 Å². The molecule has 1 aromatic carbocycles. The first-order chi connectivity index (χ1) is 12.9. The fourth-order valence-corrected chi connectivity index (χ4v) is 4.28. The molecular weight excluding hydrogens is 349 g/mol. The normalized spacial score (nSPS) is 23.7. The average Bonchev–Trinajstić information content (AvgIpc) is 2.62. The monoisotopic (exact) mass is 377 g/mol. The number of benzene rings is 1. The van der Waals surface area contributed by atoms with Crippen LogP contribution in [-0.2, 0) is 9.59 Å². The predicted octanol–water partition coefficient (Wildman–Crippen LogP) is 1.77. The van der Waals surface area contributed by atoms with E-state index >= 15 is 0 Å². The molecular formula is C20H28FN3O3. The van der Waals surface area contributed by atoms with E-state index in [1.165, 1.54) is 6.07 Å². The summed E-state index contributed by atoms with van der Waals surface area (Å²) in [7, 11) is 0. The Morgan fingerprint density at radius 1 is 1.33 bits per heavy atom. The lowest BCUT2D eigenvalue weighted by molar-refractivity contribution is -0.140. The average molecular weight is 377 g/mol. The molecule has 1 atom stereocenters. The van der Waals surface area contributed by atoms with E-state index in [2.05, 4.69) is 10.2 Å². The molecule has 3 rings (SSSR count). The maximum Gasteiger partial charge on any atom is 0.238 e. The summed E-state index contributed by atoms with van der Waals surface area (Å²) in [4.78, 5) is 28.3. The Labute approximate surface area is 159 Å². The van der Waals surface area contributed by atoms with Crippen molar-refractivity contribution in [3.63, 3.8) is 0 Å². The lowest BCUT2D eigenvalue weighted by Crippen LogP contribution is -2.55. The Bertz CT molecular complexity index is 712. The molecule has 0 aliphatic carbocycles. The van der Waals surface area contributed by atoms with Crippen LogP contribution >= 0.6 is 0 Å². The summed E-state index contributed by atoms with van der Waals surface area (Å²) in [5, 5.41) is 12.0. The third-order valence-electron chi connectivity index (χ3n) is 5.68. The van der Waals surface area contributed by atoms with Crippen molar-refractivity contribution in [2.45, 2.75) is 32.6 Å². The Balaban J connectivity index is 1.58. The van der Waals surface area contributed by atoms with Crippen LogP contribution in [0.5, 0.6) is 0 Å². The Hall–Kier alpha value is -1.99. The SMILES string of the molecule is Cc1ccc(NC(=O)CN2CCC[C@]3(CCC(=O)N(CCO)C3)C2)cc1F. The van der Waals surface area contributed by atoms with Gasteiger partial charge in [-0.3, -0.25) is 14.5 Å². The van der Waals surface area contributed by atoms with Gasteiger partial charge in [0.2, 0.25) is 11.8 Å². The highest BCUT2D eigenvalue weighted by Crippen LogP contribution is 2.38. The molecule has 0 unspecified atom stereocenters. The summed E-state index contributed by atoms with van der Waals surface area (Å²) in [6.45, 7) is 4.53. The zero-order chi connectivity index (χ0) is 19.4. The van der Waals surface area contributed by atoms with Crippen molar-refractivity contribution in [1.82, 2.24) is 9.80 Å². The second kappa shape index (κ2) is 8.35. The van der Waals surface area contributed by atoms with E-state index in [0.29, 0.717) is 30.8 Å². The van der Waals surface area contributed by atoms with Crippen LogP contribution in [0.4, 0.5) is 10.1 Å². The van der Waals surface area contributed by atoms with Crippen molar-refractivity contribution >= 4 is 17.5 Å². The predicted molar refractivity (Wildman–Crippen MR) is 101 cm³/mol. The van der Waals surface area contributed by atoms with Gasteiger partial charge in [-0.25, -0.2) is 4.39 Å². The fourth-order valence-electron chi connectivity index (χ4n) is 4.28. The van der Waals surface area contributed by atoms with E-state index in [0.717, 1.165) is 32.4 Å². The minimum atomic E-state index is -0.333. The van der Waals surface area contributed by atoms with Crippen LogP contribution in [0.1, 0.15) is 31.2 Å². The number of β-amino-alcohol motifs (C(OH)–C–C–N with tert-alkyl or cyclic N) is 1.